The number of hydrogen-bond acceptors (Lipinski definition) is 3. The monoisotopic (exact) mass is 197 g/mol. The molecule has 0 spiro atoms. The Morgan fingerprint density at radius 3 is 3.00 bits per heavy atom. The van der Waals surface area contributed by atoms with Crippen LogP contribution in [0.1, 0.15) is 12.6 Å². The van der Waals surface area contributed by atoms with Gasteiger partial charge in [-0.25, -0.2) is 0 Å². The summed E-state index contributed by atoms with van der Waals surface area (Å²) in [5.74, 6) is -0.0323. The average Bonchev–Trinajstić information content (AvgIpc) is 2.55. The Morgan fingerprint density at radius 2 is 2.50 bits per heavy atom. The maximum absolute atomic E-state index is 11.5. The maximum Gasteiger partial charge on any atom is 0.228 e. The summed E-state index contributed by atoms with van der Waals surface area (Å²) in [4.78, 5) is 13.0. The number of carbonyl (C=O) groups is 1. The van der Waals surface area contributed by atoms with Gasteiger partial charge in [-0.15, -0.1) is 0 Å². The van der Waals surface area contributed by atoms with E-state index in [9.17, 15) is 4.79 Å². The molecule has 5 heteroatoms. The molecule has 0 aromatic carbocycles. The van der Waals surface area contributed by atoms with Gasteiger partial charge in [-0.05, 0) is 13.0 Å². The van der Waals surface area contributed by atoms with Gasteiger partial charge in [0, 0.05) is 25.5 Å². The molecule has 1 aromatic rings. The third-order valence-corrected chi connectivity index (χ3v) is 1.86. The number of aromatic nitrogens is 2. The van der Waals surface area contributed by atoms with E-state index in [1.807, 2.05) is 0 Å². The Morgan fingerprint density at radius 1 is 1.79 bits per heavy atom. The number of carbonyl (C=O) groups excluding carboxylic acids is 1. The Bertz CT molecular complexity index is 282. The van der Waals surface area contributed by atoms with Crippen LogP contribution in [0.5, 0.6) is 0 Å². The van der Waals surface area contributed by atoms with Crippen molar-refractivity contribution in [3.8, 4) is 0 Å². The van der Waals surface area contributed by atoms with Gasteiger partial charge < -0.3 is 10.0 Å². The van der Waals surface area contributed by atoms with Crippen molar-refractivity contribution in [1.29, 1.82) is 0 Å². The smallest absolute Gasteiger partial charge is 0.228 e. The first-order chi connectivity index (χ1) is 6.59. The average molecular weight is 197 g/mol. The third-order valence-electron chi connectivity index (χ3n) is 1.86. The highest BCUT2D eigenvalue weighted by atomic mass is 16.3. The van der Waals surface area contributed by atoms with E-state index < -0.39 is 6.10 Å². The second-order valence-electron chi connectivity index (χ2n) is 3.38. The van der Waals surface area contributed by atoms with Gasteiger partial charge in [0.2, 0.25) is 5.91 Å². The summed E-state index contributed by atoms with van der Waals surface area (Å²) >= 11 is 0. The second-order valence-corrected chi connectivity index (χ2v) is 3.38. The Kier molecular flexibility index (Phi) is 3.64. The first-order valence-electron chi connectivity index (χ1n) is 4.50. The molecule has 1 unspecified atom stereocenters. The molecule has 0 saturated heterocycles. The summed E-state index contributed by atoms with van der Waals surface area (Å²) in [6.45, 7) is 2.01. The fourth-order valence-electron chi connectivity index (χ4n) is 1.18. The standard InChI is InChI=1S/C9H15N3O2/c1-7(13)6-12(2)9(14)5-8-3-4-10-11-8/h3-4,7,13H,5-6H2,1-2H3,(H,10,11). The largest absolute Gasteiger partial charge is 0.392 e. The van der Waals surface area contributed by atoms with E-state index in [0.717, 1.165) is 5.69 Å². The zero-order valence-corrected chi connectivity index (χ0v) is 8.40. The van der Waals surface area contributed by atoms with Gasteiger partial charge in [-0.1, -0.05) is 0 Å². The lowest BCUT2D eigenvalue weighted by Crippen LogP contribution is -2.34. The molecule has 1 heterocycles. The number of aliphatic hydroxyl groups excluding tert-OH is 1. The molecule has 2 N–H and O–H groups in total. The summed E-state index contributed by atoms with van der Waals surface area (Å²) < 4.78 is 0. The first kappa shape index (κ1) is 10.7. The lowest BCUT2D eigenvalue weighted by Gasteiger charge is -2.18. The van der Waals surface area contributed by atoms with Crippen LogP contribution >= 0.6 is 0 Å². The van der Waals surface area contributed by atoms with E-state index >= 15 is 0 Å². The summed E-state index contributed by atoms with van der Waals surface area (Å²) in [6, 6.07) is 1.76. The van der Waals surface area contributed by atoms with Crippen LogP contribution in [-0.2, 0) is 11.2 Å². The van der Waals surface area contributed by atoms with Crippen molar-refractivity contribution in [1.82, 2.24) is 15.1 Å². The van der Waals surface area contributed by atoms with Gasteiger partial charge >= 0.3 is 0 Å². The molecule has 1 amide bonds. The molecule has 78 valence electrons. The van der Waals surface area contributed by atoms with Crippen LogP contribution in [-0.4, -0.2) is 45.8 Å². The van der Waals surface area contributed by atoms with E-state index in [4.69, 9.17) is 5.11 Å². The minimum Gasteiger partial charge on any atom is -0.392 e. The van der Waals surface area contributed by atoms with Gasteiger partial charge in [-0.3, -0.25) is 9.89 Å². The summed E-state index contributed by atoms with van der Waals surface area (Å²) in [5, 5.41) is 15.6. The Balaban J connectivity index is 2.42. The van der Waals surface area contributed by atoms with Crippen molar-refractivity contribution in [2.24, 2.45) is 0 Å². The van der Waals surface area contributed by atoms with Gasteiger partial charge in [0.25, 0.3) is 0 Å². The molecule has 0 bridgehead atoms. The number of hydrogen-bond donors (Lipinski definition) is 2. The highest BCUT2D eigenvalue weighted by Gasteiger charge is 2.11. The van der Waals surface area contributed by atoms with E-state index in [1.165, 1.54) is 4.90 Å². The molecular formula is C9H15N3O2. The predicted octanol–water partition coefficient (Wildman–Crippen LogP) is -0.209. The zero-order valence-electron chi connectivity index (χ0n) is 8.40. The molecule has 0 fully saturated rings. The van der Waals surface area contributed by atoms with E-state index in [2.05, 4.69) is 10.2 Å². The number of aromatic amines is 1. The Hall–Kier alpha value is -1.36. The van der Waals surface area contributed by atoms with Crippen LogP contribution in [0.4, 0.5) is 0 Å². The minimum atomic E-state index is -0.495. The van der Waals surface area contributed by atoms with Crippen molar-refractivity contribution in [3.63, 3.8) is 0 Å². The van der Waals surface area contributed by atoms with Gasteiger partial charge in [0.1, 0.15) is 0 Å². The summed E-state index contributed by atoms with van der Waals surface area (Å²) in [5.41, 5.74) is 0.785. The Labute approximate surface area is 82.7 Å². The van der Waals surface area contributed by atoms with Gasteiger partial charge in [0.15, 0.2) is 0 Å². The number of likely N-dealkylation sites (N-methyl/N-ethyl adjacent to an activating group) is 1. The van der Waals surface area contributed by atoms with Crippen molar-refractivity contribution < 1.29 is 9.90 Å². The highest BCUT2D eigenvalue weighted by molar-refractivity contribution is 5.78. The number of aliphatic hydroxyl groups is 1. The maximum atomic E-state index is 11.5. The van der Waals surface area contributed by atoms with Crippen molar-refractivity contribution >= 4 is 5.91 Å². The second kappa shape index (κ2) is 4.76. The quantitative estimate of drug-likeness (QED) is 0.701. The number of H-pyrrole nitrogens is 1. The topological polar surface area (TPSA) is 69.2 Å². The van der Waals surface area contributed by atoms with Crippen molar-refractivity contribution in [3.05, 3.63) is 18.0 Å². The van der Waals surface area contributed by atoms with Crippen LogP contribution in [0.2, 0.25) is 0 Å². The minimum absolute atomic E-state index is 0.0323. The van der Waals surface area contributed by atoms with Gasteiger partial charge in [0.05, 0.1) is 12.5 Å². The van der Waals surface area contributed by atoms with Crippen LogP contribution < -0.4 is 0 Å². The number of amides is 1. The van der Waals surface area contributed by atoms with Crippen LogP contribution in [0.3, 0.4) is 0 Å². The molecule has 0 aliphatic carbocycles. The summed E-state index contributed by atoms with van der Waals surface area (Å²) in [6.07, 6.45) is 1.41. The molecule has 0 radical (unpaired) electrons. The normalized spacial score (nSPS) is 12.5. The van der Waals surface area contributed by atoms with Crippen LogP contribution in [0, 0.1) is 0 Å². The molecular weight excluding hydrogens is 182 g/mol. The molecule has 1 aromatic heterocycles. The van der Waals surface area contributed by atoms with Crippen molar-refractivity contribution in [2.75, 3.05) is 13.6 Å². The molecule has 1 rings (SSSR count). The van der Waals surface area contributed by atoms with E-state index in [0.29, 0.717) is 13.0 Å². The molecule has 1 atom stereocenters. The van der Waals surface area contributed by atoms with Crippen LogP contribution in [0.15, 0.2) is 12.3 Å². The fraction of sp³-hybridized carbons (Fsp3) is 0.556. The third kappa shape index (κ3) is 3.18. The van der Waals surface area contributed by atoms with E-state index in [-0.39, 0.29) is 5.91 Å². The highest BCUT2D eigenvalue weighted by Crippen LogP contribution is 1.98. The van der Waals surface area contributed by atoms with Gasteiger partial charge in [-0.2, -0.15) is 5.10 Å². The predicted molar refractivity (Wildman–Crippen MR) is 51.6 cm³/mol. The SMILES string of the molecule is CC(O)CN(C)C(=O)Cc1ccn[nH]1. The van der Waals surface area contributed by atoms with E-state index in [1.54, 1.807) is 26.2 Å². The molecule has 0 aliphatic rings. The first-order valence-corrected chi connectivity index (χ1v) is 4.50. The lowest BCUT2D eigenvalue weighted by atomic mass is 10.2. The molecule has 0 aliphatic heterocycles. The summed E-state index contributed by atoms with van der Waals surface area (Å²) in [7, 11) is 1.67. The zero-order chi connectivity index (χ0) is 10.6. The van der Waals surface area contributed by atoms with Crippen molar-refractivity contribution in [2.45, 2.75) is 19.4 Å². The number of nitrogens with zero attached hydrogens (tertiary/aromatic N) is 2. The lowest BCUT2D eigenvalue weighted by molar-refractivity contribution is -0.130. The fourth-order valence-corrected chi connectivity index (χ4v) is 1.18. The molecule has 5 nitrogen and oxygen atoms in total. The molecule has 14 heavy (non-hydrogen) atoms. The molecule has 0 saturated carbocycles. The van der Waals surface area contributed by atoms with Crippen LogP contribution in [0.25, 0.3) is 0 Å². The number of rotatable bonds is 4. The number of nitrogens with one attached hydrogen (secondary N) is 1.